The van der Waals surface area contributed by atoms with Gasteiger partial charge in [0.1, 0.15) is 12.4 Å². The van der Waals surface area contributed by atoms with Crippen LogP contribution >= 0.6 is 0 Å². The predicted molar refractivity (Wildman–Crippen MR) is 80.7 cm³/mol. The smallest absolute Gasteiger partial charge is 0.189 e. The molecule has 0 saturated carbocycles. The van der Waals surface area contributed by atoms with Crippen molar-refractivity contribution in [2.45, 2.75) is 20.8 Å². The Morgan fingerprint density at radius 1 is 1.32 bits per heavy atom. The first-order valence-corrected chi connectivity index (χ1v) is 6.36. The maximum atomic E-state index is 5.69. The standard InChI is InChI=1S/C15H23N3O/c1-11(2)10-18-15(16)17-5-6-19-14-8-12(3)7-13(4)9-14/h7-9H,1,5-6,10H2,2-4H3,(H3,16,17,18). The van der Waals surface area contributed by atoms with Crippen LogP contribution in [-0.2, 0) is 0 Å². The van der Waals surface area contributed by atoms with Gasteiger partial charge < -0.3 is 15.8 Å². The molecule has 0 bridgehead atoms. The van der Waals surface area contributed by atoms with Gasteiger partial charge in [-0.1, -0.05) is 18.2 Å². The molecule has 0 radical (unpaired) electrons. The van der Waals surface area contributed by atoms with Crippen LogP contribution in [0.15, 0.2) is 35.3 Å². The number of aliphatic imine (C=N–C) groups is 1. The largest absolute Gasteiger partial charge is 0.492 e. The number of benzene rings is 1. The van der Waals surface area contributed by atoms with Gasteiger partial charge in [0.2, 0.25) is 0 Å². The molecule has 4 nitrogen and oxygen atoms in total. The number of nitrogens with zero attached hydrogens (tertiary/aromatic N) is 1. The van der Waals surface area contributed by atoms with Gasteiger partial charge in [-0.15, -0.1) is 0 Å². The monoisotopic (exact) mass is 261 g/mol. The number of nitrogens with two attached hydrogens (primary N) is 1. The van der Waals surface area contributed by atoms with Crippen molar-refractivity contribution >= 4 is 5.96 Å². The Morgan fingerprint density at radius 3 is 2.53 bits per heavy atom. The Labute approximate surface area is 115 Å². The quantitative estimate of drug-likeness (QED) is 0.357. The summed E-state index contributed by atoms with van der Waals surface area (Å²) in [6.45, 7) is 11.5. The van der Waals surface area contributed by atoms with E-state index >= 15 is 0 Å². The summed E-state index contributed by atoms with van der Waals surface area (Å²) < 4.78 is 5.65. The molecular formula is C15H23N3O. The van der Waals surface area contributed by atoms with E-state index in [4.69, 9.17) is 10.5 Å². The van der Waals surface area contributed by atoms with E-state index in [2.05, 4.69) is 36.8 Å². The summed E-state index contributed by atoms with van der Waals surface area (Å²) in [4.78, 5) is 4.12. The molecule has 0 unspecified atom stereocenters. The van der Waals surface area contributed by atoms with Crippen molar-refractivity contribution in [3.63, 3.8) is 0 Å². The van der Waals surface area contributed by atoms with E-state index in [0.717, 1.165) is 11.3 Å². The van der Waals surface area contributed by atoms with Crippen LogP contribution in [0.5, 0.6) is 5.75 Å². The highest BCUT2D eigenvalue weighted by atomic mass is 16.5. The van der Waals surface area contributed by atoms with E-state index in [-0.39, 0.29) is 0 Å². The van der Waals surface area contributed by atoms with E-state index < -0.39 is 0 Å². The molecule has 0 saturated heterocycles. The Morgan fingerprint density at radius 2 is 1.95 bits per heavy atom. The molecule has 0 aromatic heterocycles. The number of nitrogens with one attached hydrogen (secondary N) is 1. The Hall–Kier alpha value is -1.97. The zero-order valence-corrected chi connectivity index (χ0v) is 12.0. The van der Waals surface area contributed by atoms with Gasteiger partial charge in [-0.3, -0.25) is 0 Å². The normalized spacial score (nSPS) is 11.2. The summed E-state index contributed by atoms with van der Waals surface area (Å²) in [5.74, 6) is 1.31. The van der Waals surface area contributed by atoms with Crippen LogP contribution in [0.25, 0.3) is 0 Å². The highest BCUT2D eigenvalue weighted by Crippen LogP contribution is 2.15. The van der Waals surface area contributed by atoms with Crippen molar-refractivity contribution in [1.29, 1.82) is 0 Å². The third kappa shape index (κ3) is 6.50. The maximum absolute atomic E-state index is 5.69. The fraction of sp³-hybridized carbons (Fsp3) is 0.400. The first-order chi connectivity index (χ1) is 8.97. The Balaban J connectivity index is 2.30. The van der Waals surface area contributed by atoms with Crippen LogP contribution in [-0.4, -0.2) is 25.7 Å². The van der Waals surface area contributed by atoms with Crippen LogP contribution in [0.2, 0.25) is 0 Å². The van der Waals surface area contributed by atoms with Gasteiger partial charge in [0.15, 0.2) is 5.96 Å². The van der Waals surface area contributed by atoms with Crippen molar-refractivity contribution < 1.29 is 4.74 Å². The molecule has 19 heavy (non-hydrogen) atoms. The number of hydrogen-bond acceptors (Lipinski definition) is 2. The first-order valence-electron chi connectivity index (χ1n) is 6.36. The topological polar surface area (TPSA) is 59.6 Å². The number of guanidine groups is 1. The predicted octanol–water partition coefficient (Wildman–Crippen LogP) is 2.16. The molecule has 0 amide bonds. The fourth-order valence-corrected chi connectivity index (χ4v) is 1.64. The molecule has 0 atom stereocenters. The molecule has 0 fully saturated rings. The second-order valence-electron chi connectivity index (χ2n) is 4.76. The molecule has 1 rings (SSSR count). The van der Waals surface area contributed by atoms with E-state index in [1.54, 1.807) is 0 Å². The van der Waals surface area contributed by atoms with Gasteiger partial charge in [0.05, 0.1) is 13.1 Å². The SMILES string of the molecule is C=C(C)CN=C(N)NCCOc1cc(C)cc(C)c1. The van der Waals surface area contributed by atoms with Gasteiger partial charge in [-0.25, -0.2) is 4.99 Å². The van der Waals surface area contributed by atoms with Crippen molar-refractivity contribution in [3.8, 4) is 5.75 Å². The van der Waals surface area contributed by atoms with Gasteiger partial charge in [0, 0.05) is 0 Å². The first kappa shape index (κ1) is 15.1. The lowest BCUT2D eigenvalue weighted by molar-refractivity contribution is 0.322. The average Bonchev–Trinajstić information content (AvgIpc) is 2.31. The second-order valence-corrected chi connectivity index (χ2v) is 4.76. The van der Waals surface area contributed by atoms with Crippen LogP contribution < -0.4 is 15.8 Å². The summed E-state index contributed by atoms with van der Waals surface area (Å²) in [5, 5.41) is 3.00. The lowest BCUT2D eigenvalue weighted by Gasteiger charge is -2.09. The van der Waals surface area contributed by atoms with Gasteiger partial charge in [0.25, 0.3) is 0 Å². The van der Waals surface area contributed by atoms with Crippen LogP contribution in [0.1, 0.15) is 18.1 Å². The molecule has 1 aromatic rings. The minimum absolute atomic E-state index is 0.423. The summed E-state index contributed by atoms with van der Waals surface area (Å²) in [7, 11) is 0. The summed E-state index contributed by atoms with van der Waals surface area (Å²) >= 11 is 0. The fourth-order valence-electron chi connectivity index (χ4n) is 1.64. The Bertz CT molecular complexity index is 446. The highest BCUT2D eigenvalue weighted by molar-refractivity contribution is 5.77. The molecule has 1 aromatic carbocycles. The molecular weight excluding hydrogens is 238 g/mol. The maximum Gasteiger partial charge on any atom is 0.189 e. The zero-order valence-electron chi connectivity index (χ0n) is 12.0. The molecule has 104 valence electrons. The van der Waals surface area contributed by atoms with Crippen LogP contribution in [0.4, 0.5) is 0 Å². The van der Waals surface area contributed by atoms with E-state index in [1.807, 2.05) is 19.1 Å². The summed E-state index contributed by atoms with van der Waals surface area (Å²) in [5.41, 5.74) is 9.07. The van der Waals surface area contributed by atoms with E-state index in [0.29, 0.717) is 25.7 Å². The second kappa shape index (κ2) is 7.46. The molecule has 0 heterocycles. The number of ether oxygens (including phenoxy) is 1. The summed E-state index contributed by atoms with van der Waals surface area (Å²) in [6.07, 6.45) is 0. The Kier molecular flexibility index (Phi) is 5.93. The minimum Gasteiger partial charge on any atom is -0.492 e. The van der Waals surface area contributed by atoms with Crippen LogP contribution in [0, 0.1) is 13.8 Å². The van der Waals surface area contributed by atoms with Gasteiger partial charge in [-0.05, 0) is 44.0 Å². The van der Waals surface area contributed by atoms with Gasteiger partial charge in [-0.2, -0.15) is 0 Å². The average molecular weight is 261 g/mol. The number of hydrogen-bond donors (Lipinski definition) is 2. The van der Waals surface area contributed by atoms with Crippen molar-refractivity contribution in [3.05, 3.63) is 41.5 Å². The number of aryl methyl sites for hydroxylation is 2. The van der Waals surface area contributed by atoms with E-state index in [1.165, 1.54) is 11.1 Å². The van der Waals surface area contributed by atoms with Crippen LogP contribution in [0.3, 0.4) is 0 Å². The number of rotatable bonds is 6. The van der Waals surface area contributed by atoms with Gasteiger partial charge >= 0.3 is 0 Å². The lowest BCUT2D eigenvalue weighted by Crippen LogP contribution is -2.34. The minimum atomic E-state index is 0.423. The third-order valence-corrected chi connectivity index (χ3v) is 2.39. The van der Waals surface area contributed by atoms with Crippen molar-refractivity contribution in [1.82, 2.24) is 5.32 Å². The van der Waals surface area contributed by atoms with E-state index in [9.17, 15) is 0 Å². The van der Waals surface area contributed by atoms with Crippen molar-refractivity contribution in [2.24, 2.45) is 10.7 Å². The molecule has 0 aliphatic carbocycles. The highest BCUT2D eigenvalue weighted by Gasteiger charge is 1.97. The summed E-state index contributed by atoms with van der Waals surface area (Å²) in [6, 6.07) is 6.16. The zero-order chi connectivity index (χ0) is 14.3. The molecule has 0 aliphatic heterocycles. The molecule has 4 heteroatoms. The molecule has 0 aliphatic rings. The van der Waals surface area contributed by atoms with Crippen molar-refractivity contribution in [2.75, 3.05) is 19.7 Å². The molecule has 0 spiro atoms. The molecule has 3 N–H and O–H groups in total. The third-order valence-electron chi connectivity index (χ3n) is 2.39. The lowest BCUT2D eigenvalue weighted by atomic mass is 10.1.